The zero-order valence-electron chi connectivity index (χ0n) is 9.20. The highest BCUT2D eigenvalue weighted by Crippen LogP contribution is 2.09. The van der Waals surface area contributed by atoms with E-state index in [4.69, 9.17) is 5.73 Å². The van der Waals surface area contributed by atoms with Crippen molar-refractivity contribution in [1.82, 2.24) is 0 Å². The molecular formula is C11H16N2O2. The number of nitrogens with one attached hydrogen (secondary N) is 1. The molecule has 0 radical (unpaired) electrons. The molecule has 1 rings (SSSR count). The first-order valence-electron chi connectivity index (χ1n) is 4.77. The molecule has 0 bridgehead atoms. The van der Waals surface area contributed by atoms with Crippen LogP contribution in [-0.4, -0.2) is 11.8 Å². The van der Waals surface area contributed by atoms with Crippen molar-refractivity contribution in [2.24, 2.45) is 5.73 Å². The van der Waals surface area contributed by atoms with E-state index >= 15 is 0 Å². The van der Waals surface area contributed by atoms with E-state index in [0.29, 0.717) is 11.3 Å². The minimum absolute atomic E-state index is 0.179. The van der Waals surface area contributed by atoms with E-state index in [-0.39, 0.29) is 5.91 Å². The largest absolute Gasteiger partial charge is 0.366 e. The van der Waals surface area contributed by atoms with Crippen molar-refractivity contribution < 1.29 is 9.59 Å². The molecule has 0 heterocycles. The number of hydrogen-bond donors (Lipinski definition) is 2. The zero-order chi connectivity index (χ0) is 11.8. The number of rotatable bonds is 2. The van der Waals surface area contributed by atoms with E-state index in [1.165, 1.54) is 13.0 Å². The lowest BCUT2D eigenvalue weighted by molar-refractivity contribution is -0.114. The maximum atomic E-state index is 10.7. The van der Waals surface area contributed by atoms with Gasteiger partial charge in [-0.3, -0.25) is 9.59 Å². The van der Waals surface area contributed by atoms with Crippen LogP contribution in [0.5, 0.6) is 0 Å². The molecule has 82 valence electrons. The lowest BCUT2D eigenvalue weighted by atomic mass is 10.2. The van der Waals surface area contributed by atoms with E-state index < -0.39 is 5.91 Å². The van der Waals surface area contributed by atoms with Crippen LogP contribution >= 0.6 is 0 Å². The third-order valence-corrected chi connectivity index (χ3v) is 1.47. The van der Waals surface area contributed by atoms with Gasteiger partial charge in [0.2, 0.25) is 11.8 Å². The third kappa shape index (κ3) is 4.81. The lowest BCUT2D eigenvalue weighted by Gasteiger charge is -2.02. The Kier molecular flexibility index (Phi) is 5.78. The van der Waals surface area contributed by atoms with Crippen LogP contribution in [0.25, 0.3) is 0 Å². The number of benzene rings is 1. The molecule has 4 heteroatoms. The Morgan fingerprint density at radius 2 is 1.87 bits per heavy atom. The minimum Gasteiger partial charge on any atom is -0.366 e. The molecule has 2 amide bonds. The first-order valence-corrected chi connectivity index (χ1v) is 4.77. The van der Waals surface area contributed by atoms with E-state index in [9.17, 15) is 9.59 Å². The molecule has 4 nitrogen and oxygen atoms in total. The summed E-state index contributed by atoms with van der Waals surface area (Å²) in [6.45, 7) is 5.40. The molecule has 3 N–H and O–H groups in total. The lowest BCUT2D eigenvalue weighted by Crippen LogP contribution is -2.12. The van der Waals surface area contributed by atoms with E-state index in [0.717, 1.165) is 0 Å². The van der Waals surface area contributed by atoms with Crippen molar-refractivity contribution >= 4 is 17.5 Å². The van der Waals surface area contributed by atoms with Gasteiger partial charge < -0.3 is 11.1 Å². The quantitative estimate of drug-likeness (QED) is 0.777. The number of carbonyl (C=O) groups is 2. The zero-order valence-corrected chi connectivity index (χ0v) is 9.20. The third-order valence-electron chi connectivity index (χ3n) is 1.47. The summed E-state index contributed by atoms with van der Waals surface area (Å²) in [5.74, 6) is -0.686. The Balaban J connectivity index is 0.000000921. The maximum Gasteiger partial charge on any atom is 0.248 e. The van der Waals surface area contributed by atoms with Gasteiger partial charge >= 0.3 is 0 Å². The Morgan fingerprint density at radius 3 is 2.33 bits per heavy atom. The Morgan fingerprint density at radius 1 is 1.27 bits per heavy atom. The second-order valence-electron chi connectivity index (χ2n) is 2.63. The smallest absolute Gasteiger partial charge is 0.248 e. The summed E-state index contributed by atoms with van der Waals surface area (Å²) < 4.78 is 0. The van der Waals surface area contributed by atoms with Gasteiger partial charge in [0.1, 0.15) is 0 Å². The standard InChI is InChI=1S/C9H10N2O2.C2H6/c1-6(12)11-8-4-2-3-7(5-8)9(10)13;1-2/h2-5H,1H3,(H2,10,13)(H,11,12);1-2H3. The van der Waals surface area contributed by atoms with Crippen LogP contribution in [0.3, 0.4) is 0 Å². The predicted octanol–water partition coefficient (Wildman–Crippen LogP) is 1.77. The van der Waals surface area contributed by atoms with E-state index in [1.807, 2.05) is 13.8 Å². The van der Waals surface area contributed by atoms with Gasteiger partial charge in [-0.25, -0.2) is 0 Å². The summed E-state index contributed by atoms with van der Waals surface area (Å²) in [5, 5.41) is 2.55. The average Bonchev–Trinajstić information content (AvgIpc) is 2.20. The van der Waals surface area contributed by atoms with Crippen molar-refractivity contribution in [3.05, 3.63) is 29.8 Å². The molecule has 0 aliphatic rings. The number of hydrogen-bond acceptors (Lipinski definition) is 2. The SMILES string of the molecule is CC.CC(=O)Nc1cccc(C(N)=O)c1. The molecule has 0 aliphatic carbocycles. The summed E-state index contributed by atoms with van der Waals surface area (Å²) in [6, 6.07) is 6.47. The van der Waals surface area contributed by atoms with E-state index in [1.54, 1.807) is 18.2 Å². The van der Waals surface area contributed by atoms with Crippen LogP contribution < -0.4 is 11.1 Å². The van der Waals surface area contributed by atoms with Crippen LogP contribution in [0, 0.1) is 0 Å². The molecule has 0 saturated carbocycles. The van der Waals surface area contributed by atoms with Crippen molar-refractivity contribution in [1.29, 1.82) is 0 Å². The fourth-order valence-electron chi connectivity index (χ4n) is 0.953. The average molecular weight is 208 g/mol. The fourth-order valence-corrected chi connectivity index (χ4v) is 0.953. The maximum absolute atomic E-state index is 10.7. The number of carbonyl (C=O) groups excluding carboxylic acids is 2. The first kappa shape index (κ1) is 13.2. The van der Waals surface area contributed by atoms with Crippen LogP contribution in [0.1, 0.15) is 31.1 Å². The van der Waals surface area contributed by atoms with Crippen molar-refractivity contribution in [2.45, 2.75) is 20.8 Å². The summed E-state index contributed by atoms with van der Waals surface area (Å²) in [5.41, 5.74) is 6.02. The van der Waals surface area contributed by atoms with Gasteiger partial charge in [0, 0.05) is 18.2 Å². The van der Waals surface area contributed by atoms with Gasteiger partial charge in [0.25, 0.3) is 0 Å². The molecule has 0 atom stereocenters. The second-order valence-corrected chi connectivity index (χ2v) is 2.63. The van der Waals surface area contributed by atoms with Crippen LogP contribution in [-0.2, 0) is 4.79 Å². The summed E-state index contributed by atoms with van der Waals surface area (Å²) >= 11 is 0. The summed E-state index contributed by atoms with van der Waals surface area (Å²) in [6.07, 6.45) is 0. The summed E-state index contributed by atoms with van der Waals surface area (Å²) in [7, 11) is 0. The number of amides is 2. The molecule has 0 aromatic heterocycles. The normalized spacial score (nSPS) is 8.47. The Bertz CT molecular complexity index is 348. The molecule has 0 spiro atoms. The highest BCUT2D eigenvalue weighted by atomic mass is 16.1. The Labute approximate surface area is 89.5 Å². The highest BCUT2D eigenvalue weighted by Gasteiger charge is 2.01. The van der Waals surface area contributed by atoms with Crippen LogP contribution in [0.2, 0.25) is 0 Å². The fraction of sp³-hybridized carbons (Fsp3) is 0.273. The highest BCUT2D eigenvalue weighted by molar-refractivity contribution is 5.95. The number of primary amides is 1. The summed E-state index contributed by atoms with van der Waals surface area (Å²) in [4.78, 5) is 21.4. The van der Waals surface area contributed by atoms with Gasteiger partial charge in [0.05, 0.1) is 0 Å². The second kappa shape index (κ2) is 6.59. The monoisotopic (exact) mass is 208 g/mol. The van der Waals surface area contributed by atoms with Gasteiger partial charge in [0.15, 0.2) is 0 Å². The number of anilines is 1. The van der Waals surface area contributed by atoms with Crippen molar-refractivity contribution in [3.8, 4) is 0 Å². The molecule has 1 aromatic carbocycles. The van der Waals surface area contributed by atoms with Gasteiger partial charge in [-0.1, -0.05) is 19.9 Å². The van der Waals surface area contributed by atoms with Crippen molar-refractivity contribution in [3.63, 3.8) is 0 Å². The molecule has 15 heavy (non-hydrogen) atoms. The Hall–Kier alpha value is -1.84. The molecule has 0 fully saturated rings. The van der Waals surface area contributed by atoms with Gasteiger partial charge in [-0.2, -0.15) is 0 Å². The number of nitrogens with two attached hydrogens (primary N) is 1. The van der Waals surface area contributed by atoms with Crippen LogP contribution in [0.15, 0.2) is 24.3 Å². The predicted molar refractivity (Wildman–Crippen MR) is 60.6 cm³/mol. The molecule has 0 saturated heterocycles. The van der Waals surface area contributed by atoms with Gasteiger partial charge in [-0.15, -0.1) is 0 Å². The molecular weight excluding hydrogens is 192 g/mol. The minimum atomic E-state index is -0.507. The topological polar surface area (TPSA) is 72.2 Å². The van der Waals surface area contributed by atoms with Crippen molar-refractivity contribution in [2.75, 3.05) is 5.32 Å². The van der Waals surface area contributed by atoms with Gasteiger partial charge in [-0.05, 0) is 18.2 Å². The first-order chi connectivity index (χ1) is 7.09. The van der Waals surface area contributed by atoms with E-state index in [2.05, 4.69) is 5.32 Å². The van der Waals surface area contributed by atoms with Crippen LogP contribution in [0.4, 0.5) is 5.69 Å². The molecule has 1 aromatic rings. The molecule has 0 aliphatic heterocycles. The molecule has 0 unspecified atom stereocenters.